The molecule has 0 radical (unpaired) electrons. The summed E-state index contributed by atoms with van der Waals surface area (Å²) in [6, 6.07) is 0. The minimum Gasteiger partial charge on any atom is -0.369 e. The summed E-state index contributed by atoms with van der Waals surface area (Å²) in [6.07, 6.45) is 7.64. The molecular weight excluding hydrogens is 268 g/mol. The number of anilines is 1. The van der Waals surface area contributed by atoms with Crippen LogP contribution in [0.15, 0.2) is 24.8 Å². The van der Waals surface area contributed by atoms with Crippen molar-refractivity contribution in [1.29, 1.82) is 0 Å². The van der Waals surface area contributed by atoms with Gasteiger partial charge in [0, 0.05) is 33.0 Å². The van der Waals surface area contributed by atoms with Gasteiger partial charge in [-0.3, -0.25) is 9.78 Å². The van der Waals surface area contributed by atoms with Crippen molar-refractivity contribution in [3.8, 4) is 0 Å². The van der Waals surface area contributed by atoms with E-state index in [1.54, 1.807) is 24.3 Å². The highest BCUT2D eigenvalue weighted by Gasteiger charge is 2.16. The molecule has 0 bridgehead atoms. The molecule has 0 saturated carbocycles. The predicted molar refractivity (Wildman–Crippen MR) is 79.8 cm³/mol. The van der Waals surface area contributed by atoms with Crippen molar-refractivity contribution in [2.24, 2.45) is 7.05 Å². The van der Waals surface area contributed by atoms with E-state index in [4.69, 9.17) is 0 Å². The van der Waals surface area contributed by atoms with Crippen LogP contribution in [-0.2, 0) is 13.6 Å². The van der Waals surface area contributed by atoms with Gasteiger partial charge in [0.25, 0.3) is 5.91 Å². The van der Waals surface area contributed by atoms with Gasteiger partial charge in [-0.2, -0.15) is 0 Å². The van der Waals surface area contributed by atoms with Gasteiger partial charge < -0.3 is 14.8 Å². The standard InChI is InChI=1S/C14H20N6O/c1-4-5-16-12-9-15-8-11(18-12)14(21)20(3)10-13-17-6-7-19(13)2/h6-9H,4-5,10H2,1-3H3,(H,16,18). The average Bonchev–Trinajstić information content (AvgIpc) is 2.90. The number of hydrogen-bond acceptors (Lipinski definition) is 5. The quantitative estimate of drug-likeness (QED) is 0.867. The molecule has 2 rings (SSSR count). The lowest BCUT2D eigenvalue weighted by Crippen LogP contribution is -2.28. The highest BCUT2D eigenvalue weighted by Crippen LogP contribution is 2.07. The van der Waals surface area contributed by atoms with Crippen molar-refractivity contribution in [3.63, 3.8) is 0 Å². The third-order valence-corrected chi connectivity index (χ3v) is 3.06. The Morgan fingerprint density at radius 1 is 1.43 bits per heavy atom. The maximum absolute atomic E-state index is 12.4. The molecule has 1 amide bonds. The van der Waals surface area contributed by atoms with Crippen LogP contribution in [0.25, 0.3) is 0 Å². The van der Waals surface area contributed by atoms with Gasteiger partial charge in [-0.15, -0.1) is 0 Å². The number of nitrogens with one attached hydrogen (secondary N) is 1. The van der Waals surface area contributed by atoms with E-state index in [0.717, 1.165) is 18.8 Å². The first kappa shape index (κ1) is 15.0. The number of amides is 1. The third-order valence-electron chi connectivity index (χ3n) is 3.06. The molecule has 7 heteroatoms. The topological polar surface area (TPSA) is 75.9 Å². The molecule has 0 aliphatic heterocycles. The van der Waals surface area contributed by atoms with Gasteiger partial charge in [0.1, 0.15) is 17.3 Å². The molecular formula is C14H20N6O. The second-order valence-electron chi connectivity index (χ2n) is 4.83. The van der Waals surface area contributed by atoms with E-state index in [0.29, 0.717) is 18.1 Å². The molecule has 112 valence electrons. The minimum atomic E-state index is -0.175. The second-order valence-corrected chi connectivity index (χ2v) is 4.83. The lowest BCUT2D eigenvalue weighted by Gasteiger charge is -2.16. The van der Waals surface area contributed by atoms with Crippen LogP contribution >= 0.6 is 0 Å². The Kier molecular flexibility index (Phi) is 4.86. The molecule has 2 aromatic rings. The fourth-order valence-electron chi connectivity index (χ4n) is 1.84. The summed E-state index contributed by atoms with van der Waals surface area (Å²) in [7, 11) is 3.63. The Hall–Kier alpha value is -2.44. The molecule has 21 heavy (non-hydrogen) atoms. The van der Waals surface area contributed by atoms with Gasteiger partial charge in [0.2, 0.25) is 0 Å². The zero-order valence-electron chi connectivity index (χ0n) is 12.6. The predicted octanol–water partition coefficient (Wildman–Crippen LogP) is 1.30. The Morgan fingerprint density at radius 2 is 2.24 bits per heavy atom. The van der Waals surface area contributed by atoms with E-state index in [2.05, 4.69) is 27.2 Å². The van der Waals surface area contributed by atoms with Crippen LogP contribution in [0.3, 0.4) is 0 Å². The number of hydrogen-bond donors (Lipinski definition) is 1. The van der Waals surface area contributed by atoms with Crippen LogP contribution in [0.5, 0.6) is 0 Å². The van der Waals surface area contributed by atoms with E-state index in [1.807, 2.05) is 17.8 Å². The normalized spacial score (nSPS) is 10.4. The SMILES string of the molecule is CCCNc1cncc(C(=O)N(C)Cc2nccn2C)n1. The molecule has 2 aromatic heterocycles. The van der Waals surface area contributed by atoms with Gasteiger partial charge in [0.15, 0.2) is 0 Å². The first-order valence-electron chi connectivity index (χ1n) is 6.89. The van der Waals surface area contributed by atoms with Crippen molar-refractivity contribution in [2.45, 2.75) is 19.9 Å². The molecule has 2 heterocycles. The highest BCUT2D eigenvalue weighted by molar-refractivity contribution is 5.92. The number of carbonyl (C=O) groups excluding carboxylic acids is 1. The Morgan fingerprint density at radius 3 is 2.90 bits per heavy atom. The van der Waals surface area contributed by atoms with Crippen LogP contribution in [0, 0.1) is 0 Å². The molecule has 1 N–H and O–H groups in total. The van der Waals surface area contributed by atoms with E-state index in [1.165, 1.54) is 6.20 Å². The van der Waals surface area contributed by atoms with Crippen LogP contribution < -0.4 is 5.32 Å². The van der Waals surface area contributed by atoms with Crippen LogP contribution in [-0.4, -0.2) is 43.9 Å². The summed E-state index contributed by atoms with van der Waals surface area (Å²) < 4.78 is 1.88. The van der Waals surface area contributed by atoms with Gasteiger partial charge in [-0.1, -0.05) is 6.92 Å². The minimum absolute atomic E-state index is 0.175. The summed E-state index contributed by atoms with van der Waals surface area (Å²) in [5.74, 6) is 1.26. The first-order valence-corrected chi connectivity index (χ1v) is 6.89. The zero-order chi connectivity index (χ0) is 15.2. The maximum Gasteiger partial charge on any atom is 0.274 e. The third kappa shape index (κ3) is 3.77. The number of aryl methyl sites for hydroxylation is 1. The largest absolute Gasteiger partial charge is 0.369 e. The van der Waals surface area contributed by atoms with E-state index in [9.17, 15) is 4.79 Å². The summed E-state index contributed by atoms with van der Waals surface area (Å²) in [4.78, 5) is 26.5. The average molecular weight is 288 g/mol. The summed E-state index contributed by atoms with van der Waals surface area (Å²) in [5, 5.41) is 3.12. The fourth-order valence-corrected chi connectivity index (χ4v) is 1.84. The molecule has 7 nitrogen and oxygen atoms in total. The molecule has 0 atom stereocenters. The lowest BCUT2D eigenvalue weighted by atomic mass is 10.3. The number of aromatic nitrogens is 4. The molecule has 0 saturated heterocycles. The monoisotopic (exact) mass is 288 g/mol. The number of imidazole rings is 1. The lowest BCUT2D eigenvalue weighted by molar-refractivity contribution is 0.0774. The molecule has 0 unspecified atom stereocenters. The van der Waals surface area contributed by atoms with E-state index in [-0.39, 0.29) is 5.91 Å². The maximum atomic E-state index is 12.4. The number of rotatable bonds is 6. The summed E-state index contributed by atoms with van der Waals surface area (Å²) >= 11 is 0. The highest BCUT2D eigenvalue weighted by atomic mass is 16.2. The van der Waals surface area contributed by atoms with Gasteiger partial charge >= 0.3 is 0 Å². The number of carbonyl (C=O) groups is 1. The molecule has 0 aromatic carbocycles. The number of nitrogens with zero attached hydrogens (tertiary/aromatic N) is 5. The van der Waals surface area contributed by atoms with Crippen molar-refractivity contribution in [2.75, 3.05) is 18.9 Å². The van der Waals surface area contributed by atoms with Gasteiger partial charge in [-0.05, 0) is 6.42 Å². The summed E-state index contributed by atoms with van der Waals surface area (Å²) in [5.41, 5.74) is 0.327. The Labute approximate surface area is 124 Å². The van der Waals surface area contributed by atoms with E-state index < -0.39 is 0 Å². The van der Waals surface area contributed by atoms with Crippen molar-refractivity contribution in [3.05, 3.63) is 36.3 Å². The van der Waals surface area contributed by atoms with Crippen molar-refractivity contribution in [1.82, 2.24) is 24.4 Å². The smallest absolute Gasteiger partial charge is 0.274 e. The molecule has 0 fully saturated rings. The van der Waals surface area contributed by atoms with E-state index >= 15 is 0 Å². The molecule has 0 aliphatic rings. The van der Waals surface area contributed by atoms with Crippen molar-refractivity contribution < 1.29 is 4.79 Å². The van der Waals surface area contributed by atoms with Gasteiger partial charge in [-0.25, -0.2) is 9.97 Å². The van der Waals surface area contributed by atoms with Gasteiger partial charge in [0.05, 0.1) is 18.9 Å². The Balaban J connectivity index is 2.06. The van der Waals surface area contributed by atoms with Crippen LogP contribution in [0.4, 0.5) is 5.82 Å². The van der Waals surface area contributed by atoms with Crippen LogP contribution in [0.2, 0.25) is 0 Å². The molecule has 0 spiro atoms. The zero-order valence-corrected chi connectivity index (χ0v) is 12.6. The summed E-state index contributed by atoms with van der Waals surface area (Å²) in [6.45, 7) is 3.29. The Bertz CT molecular complexity index is 609. The van der Waals surface area contributed by atoms with Crippen LogP contribution in [0.1, 0.15) is 29.7 Å². The van der Waals surface area contributed by atoms with Crippen molar-refractivity contribution >= 4 is 11.7 Å². The second kappa shape index (κ2) is 6.83. The fraction of sp³-hybridized carbons (Fsp3) is 0.429. The first-order chi connectivity index (χ1) is 10.1. The molecule has 0 aliphatic carbocycles.